The van der Waals surface area contributed by atoms with Crippen LogP contribution < -0.4 is 5.32 Å². The molecule has 1 aromatic carbocycles. The molecule has 0 aliphatic carbocycles. The molecule has 82 valence electrons. The molecule has 1 heterocycles. The van der Waals surface area contributed by atoms with Crippen molar-refractivity contribution in [1.82, 2.24) is 4.98 Å². The van der Waals surface area contributed by atoms with E-state index >= 15 is 0 Å². The molecule has 0 radical (unpaired) electrons. The van der Waals surface area contributed by atoms with Crippen molar-refractivity contribution >= 4 is 17.3 Å². The van der Waals surface area contributed by atoms with Crippen LogP contribution in [0.1, 0.15) is 5.56 Å². The van der Waals surface area contributed by atoms with Crippen LogP contribution in [0.2, 0.25) is 5.15 Å². The number of rotatable bonds is 3. The third-order valence-corrected chi connectivity index (χ3v) is 2.37. The maximum atomic E-state index is 13.3. The largest absolute Gasteiger partial charge is 0.379 e. The van der Waals surface area contributed by atoms with E-state index in [4.69, 9.17) is 11.6 Å². The number of aromatic nitrogens is 1. The number of halogens is 2. The summed E-state index contributed by atoms with van der Waals surface area (Å²) in [6.07, 6.45) is 1.66. The summed E-state index contributed by atoms with van der Waals surface area (Å²) >= 11 is 5.66. The Morgan fingerprint density at radius 2 is 2.00 bits per heavy atom. The smallest absolute Gasteiger partial charge is 0.146 e. The van der Waals surface area contributed by atoms with Crippen molar-refractivity contribution in [2.75, 3.05) is 5.32 Å². The Morgan fingerprint density at radius 1 is 1.19 bits per heavy atom. The Balaban J connectivity index is 2.02. The highest BCUT2D eigenvalue weighted by Gasteiger charge is 1.99. The highest BCUT2D eigenvalue weighted by atomic mass is 35.5. The van der Waals surface area contributed by atoms with Crippen LogP contribution in [-0.2, 0) is 6.54 Å². The minimum atomic E-state index is -0.260. The third kappa shape index (κ3) is 2.70. The number of benzene rings is 1. The second-order valence-corrected chi connectivity index (χ2v) is 3.71. The van der Waals surface area contributed by atoms with E-state index in [1.165, 1.54) is 6.07 Å². The van der Waals surface area contributed by atoms with E-state index in [-0.39, 0.29) is 5.82 Å². The Hall–Kier alpha value is -1.61. The Kier molecular flexibility index (Phi) is 3.37. The van der Waals surface area contributed by atoms with Gasteiger partial charge in [0, 0.05) is 12.7 Å². The number of hydrogen-bond acceptors (Lipinski definition) is 2. The molecule has 4 heteroatoms. The Morgan fingerprint density at radius 3 is 2.69 bits per heavy atom. The molecule has 1 aromatic heterocycles. The van der Waals surface area contributed by atoms with Gasteiger partial charge in [0.05, 0.1) is 5.69 Å². The predicted octanol–water partition coefficient (Wildman–Crippen LogP) is 3.49. The van der Waals surface area contributed by atoms with Crippen molar-refractivity contribution in [3.05, 3.63) is 59.1 Å². The standard InChI is InChI=1S/C12H10ClFN2/c13-12-6-5-9(8-16-12)7-15-11-4-2-1-3-10(11)14/h1-6,8,15H,7H2. The monoisotopic (exact) mass is 236 g/mol. The van der Waals surface area contributed by atoms with Crippen LogP contribution in [0.3, 0.4) is 0 Å². The number of nitrogens with one attached hydrogen (secondary N) is 1. The molecular formula is C12H10ClFN2. The number of hydrogen-bond donors (Lipinski definition) is 1. The van der Waals surface area contributed by atoms with Crippen molar-refractivity contribution in [2.24, 2.45) is 0 Å². The maximum Gasteiger partial charge on any atom is 0.146 e. The average Bonchev–Trinajstić information content (AvgIpc) is 2.30. The quantitative estimate of drug-likeness (QED) is 0.826. The summed E-state index contributed by atoms with van der Waals surface area (Å²) in [6.45, 7) is 0.519. The van der Waals surface area contributed by atoms with E-state index in [1.807, 2.05) is 6.07 Å². The van der Waals surface area contributed by atoms with Crippen molar-refractivity contribution in [3.63, 3.8) is 0 Å². The first kappa shape index (κ1) is 10.9. The Bertz CT molecular complexity index is 471. The Labute approximate surface area is 98.1 Å². The van der Waals surface area contributed by atoms with Crippen molar-refractivity contribution in [2.45, 2.75) is 6.54 Å². The van der Waals surface area contributed by atoms with E-state index in [2.05, 4.69) is 10.3 Å². The molecular weight excluding hydrogens is 227 g/mol. The minimum Gasteiger partial charge on any atom is -0.379 e. The van der Waals surface area contributed by atoms with Crippen LogP contribution in [0.4, 0.5) is 10.1 Å². The first-order valence-corrected chi connectivity index (χ1v) is 5.22. The molecule has 0 saturated carbocycles. The highest BCUT2D eigenvalue weighted by molar-refractivity contribution is 6.29. The molecule has 16 heavy (non-hydrogen) atoms. The zero-order valence-electron chi connectivity index (χ0n) is 8.45. The molecule has 0 fully saturated rings. The number of nitrogens with zero attached hydrogens (tertiary/aromatic N) is 1. The second kappa shape index (κ2) is 4.94. The van der Waals surface area contributed by atoms with E-state index in [0.29, 0.717) is 17.4 Å². The molecule has 0 atom stereocenters. The van der Waals surface area contributed by atoms with Crippen LogP contribution in [0, 0.1) is 5.82 Å². The minimum absolute atomic E-state index is 0.260. The van der Waals surface area contributed by atoms with Crippen LogP contribution in [-0.4, -0.2) is 4.98 Å². The fourth-order valence-corrected chi connectivity index (χ4v) is 1.42. The molecule has 0 aliphatic heterocycles. The molecule has 0 unspecified atom stereocenters. The summed E-state index contributed by atoms with van der Waals surface area (Å²) in [5, 5.41) is 3.44. The summed E-state index contributed by atoms with van der Waals surface area (Å²) in [7, 11) is 0. The van der Waals surface area contributed by atoms with Gasteiger partial charge in [0.15, 0.2) is 0 Å². The van der Waals surface area contributed by atoms with E-state index in [1.54, 1.807) is 30.5 Å². The molecule has 0 amide bonds. The van der Waals surface area contributed by atoms with Crippen molar-refractivity contribution in [3.8, 4) is 0 Å². The van der Waals surface area contributed by atoms with Gasteiger partial charge in [-0.3, -0.25) is 0 Å². The lowest BCUT2D eigenvalue weighted by molar-refractivity contribution is 0.630. The molecule has 0 aliphatic rings. The van der Waals surface area contributed by atoms with Gasteiger partial charge in [-0.2, -0.15) is 0 Å². The SMILES string of the molecule is Fc1ccccc1NCc1ccc(Cl)nc1. The van der Waals surface area contributed by atoms with Gasteiger partial charge in [-0.1, -0.05) is 29.8 Å². The summed E-state index contributed by atoms with van der Waals surface area (Å²) < 4.78 is 13.3. The number of para-hydroxylation sites is 1. The van der Waals surface area contributed by atoms with Gasteiger partial charge in [0.2, 0.25) is 0 Å². The number of pyridine rings is 1. The normalized spacial score (nSPS) is 10.1. The van der Waals surface area contributed by atoms with Gasteiger partial charge in [-0.05, 0) is 23.8 Å². The number of anilines is 1. The highest BCUT2D eigenvalue weighted by Crippen LogP contribution is 2.14. The zero-order chi connectivity index (χ0) is 11.4. The first-order chi connectivity index (χ1) is 7.75. The fourth-order valence-electron chi connectivity index (χ4n) is 1.31. The third-order valence-electron chi connectivity index (χ3n) is 2.15. The molecule has 1 N–H and O–H groups in total. The zero-order valence-corrected chi connectivity index (χ0v) is 9.21. The molecule has 0 bridgehead atoms. The first-order valence-electron chi connectivity index (χ1n) is 4.84. The summed E-state index contributed by atoms with van der Waals surface area (Å²) in [5.74, 6) is -0.260. The summed E-state index contributed by atoms with van der Waals surface area (Å²) in [4.78, 5) is 3.95. The molecule has 2 aromatic rings. The topological polar surface area (TPSA) is 24.9 Å². The maximum absolute atomic E-state index is 13.3. The average molecular weight is 237 g/mol. The van der Waals surface area contributed by atoms with Gasteiger partial charge >= 0.3 is 0 Å². The lowest BCUT2D eigenvalue weighted by atomic mass is 10.2. The van der Waals surface area contributed by atoms with Crippen LogP contribution in [0.25, 0.3) is 0 Å². The fraction of sp³-hybridized carbons (Fsp3) is 0.0833. The lowest BCUT2D eigenvalue weighted by Gasteiger charge is -2.06. The van der Waals surface area contributed by atoms with Gasteiger partial charge in [-0.15, -0.1) is 0 Å². The summed E-state index contributed by atoms with van der Waals surface area (Å²) in [6, 6.07) is 10.1. The van der Waals surface area contributed by atoms with Crippen molar-refractivity contribution in [1.29, 1.82) is 0 Å². The van der Waals surface area contributed by atoms with Crippen LogP contribution in [0.15, 0.2) is 42.6 Å². The molecule has 2 rings (SSSR count). The molecule has 2 nitrogen and oxygen atoms in total. The van der Waals surface area contributed by atoms with Gasteiger partial charge < -0.3 is 5.32 Å². The molecule has 0 spiro atoms. The van der Waals surface area contributed by atoms with E-state index in [9.17, 15) is 4.39 Å². The van der Waals surface area contributed by atoms with Gasteiger partial charge in [-0.25, -0.2) is 9.37 Å². The molecule has 0 saturated heterocycles. The van der Waals surface area contributed by atoms with Crippen LogP contribution in [0.5, 0.6) is 0 Å². The van der Waals surface area contributed by atoms with Gasteiger partial charge in [0.1, 0.15) is 11.0 Å². The lowest BCUT2D eigenvalue weighted by Crippen LogP contribution is -2.01. The van der Waals surface area contributed by atoms with E-state index in [0.717, 1.165) is 5.56 Å². The summed E-state index contributed by atoms with van der Waals surface area (Å²) in [5.41, 5.74) is 1.44. The predicted molar refractivity (Wildman–Crippen MR) is 63.0 cm³/mol. The van der Waals surface area contributed by atoms with E-state index < -0.39 is 0 Å². The van der Waals surface area contributed by atoms with Crippen LogP contribution >= 0.6 is 11.6 Å². The van der Waals surface area contributed by atoms with Crippen molar-refractivity contribution < 1.29 is 4.39 Å². The second-order valence-electron chi connectivity index (χ2n) is 3.32. The van der Waals surface area contributed by atoms with Gasteiger partial charge in [0.25, 0.3) is 0 Å².